The smallest absolute Gasteiger partial charge is 0.260 e. The van der Waals surface area contributed by atoms with Crippen LogP contribution in [-0.4, -0.2) is 54.4 Å². The molecule has 0 unspecified atom stereocenters. The average Bonchev–Trinajstić information content (AvgIpc) is 3.03. The van der Waals surface area contributed by atoms with E-state index in [1.165, 1.54) is 11.8 Å². The van der Waals surface area contributed by atoms with Crippen molar-refractivity contribution in [3.8, 4) is 5.75 Å². The summed E-state index contributed by atoms with van der Waals surface area (Å²) in [6, 6.07) is 7.36. The Labute approximate surface area is 186 Å². The molecule has 178 valence electrons. The fraction of sp³-hybridized carbons (Fsp3) is 0.364. The number of halogens is 5. The van der Waals surface area contributed by atoms with Crippen molar-refractivity contribution in [3.63, 3.8) is 0 Å². The Kier molecular flexibility index (Phi) is 7.85. The molecule has 1 saturated heterocycles. The number of benzene rings is 2. The van der Waals surface area contributed by atoms with E-state index in [9.17, 15) is 31.5 Å². The van der Waals surface area contributed by atoms with Gasteiger partial charge < -0.3 is 15.0 Å². The lowest BCUT2D eigenvalue weighted by atomic mass is 10.2. The van der Waals surface area contributed by atoms with Crippen molar-refractivity contribution in [2.75, 3.05) is 38.1 Å². The standard InChI is InChI=1S/C22H22F5N3O3/c1-13(31)28-15-5-3-14(4-6-15)11-29-7-2-8-30(10-9-29)16(32)12-33-22-20(26)18(24)17(23)19(25)21(22)27/h3-6H,2,7-12H2,1H3,(H,28,31). The van der Waals surface area contributed by atoms with E-state index in [-0.39, 0.29) is 5.91 Å². The Morgan fingerprint density at radius 1 is 0.879 bits per heavy atom. The van der Waals surface area contributed by atoms with Crippen LogP contribution in [0.4, 0.5) is 27.6 Å². The van der Waals surface area contributed by atoms with Crippen molar-refractivity contribution in [2.24, 2.45) is 0 Å². The number of ether oxygens (including phenoxy) is 1. The van der Waals surface area contributed by atoms with Gasteiger partial charge in [-0.05, 0) is 24.1 Å². The number of rotatable bonds is 6. The summed E-state index contributed by atoms with van der Waals surface area (Å²) in [5, 5.41) is 2.69. The van der Waals surface area contributed by atoms with Crippen molar-refractivity contribution < 1.29 is 36.3 Å². The number of hydrogen-bond acceptors (Lipinski definition) is 4. The van der Waals surface area contributed by atoms with Gasteiger partial charge in [-0.25, -0.2) is 13.2 Å². The summed E-state index contributed by atoms with van der Waals surface area (Å²) in [5.74, 6) is -13.1. The van der Waals surface area contributed by atoms with E-state index in [0.717, 1.165) is 5.56 Å². The third kappa shape index (κ3) is 5.98. The van der Waals surface area contributed by atoms with Crippen LogP contribution in [0, 0.1) is 29.1 Å². The molecule has 2 amide bonds. The average molecular weight is 471 g/mol. The Balaban J connectivity index is 1.54. The minimum atomic E-state index is -2.29. The van der Waals surface area contributed by atoms with Crippen molar-refractivity contribution in [1.82, 2.24) is 9.80 Å². The maximum atomic E-state index is 13.7. The number of carbonyl (C=O) groups excluding carboxylic acids is 2. The predicted molar refractivity (Wildman–Crippen MR) is 109 cm³/mol. The lowest BCUT2D eigenvalue weighted by Crippen LogP contribution is -2.38. The highest BCUT2D eigenvalue weighted by molar-refractivity contribution is 5.88. The van der Waals surface area contributed by atoms with Crippen LogP contribution in [0.1, 0.15) is 18.9 Å². The lowest BCUT2D eigenvalue weighted by Gasteiger charge is -2.22. The number of nitrogens with one attached hydrogen (secondary N) is 1. The van der Waals surface area contributed by atoms with Gasteiger partial charge in [-0.15, -0.1) is 0 Å². The van der Waals surface area contributed by atoms with E-state index in [1.54, 1.807) is 12.1 Å². The van der Waals surface area contributed by atoms with Gasteiger partial charge in [0, 0.05) is 45.3 Å². The molecule has 0 saturated carbocycles. The second kappa shape index (κ2) is 10.6. The van der Waals surface area contributed by atoms with Crippen LogP contribution in [0.5, 0.6) is 5.75 Å². The molecule has 2 aromatic carbocycles. The molecule has 0 aliphatic carbocycles. The predicted octanol–water partition coefficient (Wildman–Crippen LogP) is 3.45. The molecule has 11 heteroatoms. The molecule has 0 spiro atoms. The largest absolute Gasteiger partial charge is 0.477 e. The van der Waals surface area contributed by atoms with Gasteiger partial charge >= 0.3 is 0 Å². The normalized spacial score (nSPS) is 14.7. The van der Waals surface area contributed by atoms with Crippen LogP contribution in [0.3, 0.4) is 0 Å². The molecule has 1 aliphatic heterocycles. The molecule has 33 heavy (non-hydrogen) atoms. The van der Waals surface area contributed by atoms with Gasteiger partial charge in [0.15, 0.2) is 12.4 Å². The van der Waals surface area contributed by atoms with E-state index >= 15 is 0 Å². The third-order valence-corrected chi connectivity index (χ3v) is 5.13. The van der Waals surface area contributed by atoms with Crippen LogP contribution in [0.2, 0.25) is 0 Å². The van der Waals surface area contributed by atoms with Crippen LogP contribution in [0.15, 0.2) is 24.3 Å². The molecule has 0 radical (unpaired) electrons. The molecule has 6 nitrogen and oxygen atoms in total. The number of carbonyl (C=O) groups is 2. The quantitative estimate of drug-likeness (QED) is 0.398. The van der Waals surface area contributed by atoms with Gasteiger partial charge in [-0.3, -0.25) is 14.5 Å². The SMILES string of the molecule is CC(=O)Nc1ccc(CN2CCCN(C(=O)COc3c(F)c(F)c(F)c(F)c3F)CC2)cc1. The van der Waals surface area contributed by atoms with E-state index in [0.29, 0.717) is 44.8 Å². The maximum Gasteiger partial charge on any atom is 0.260 e. The van der Waals surface area contributed by atoms with Gasteiger partial charge in [-0.1, -0.05) is 12.1 Å². The molecule has 3 rings (SSSR count). The molecular formula is C22H22F5N3O3. The van der Waals surface area contributed by atoms with Crippen molar-refractivity contribution in [3.05, 3.63) is 58.9 Å². The number of hydrogen-bond donors (Lipinski definition) is 1. The first-order chi connectivity index (χ1) is 15.7. The van der Waals surface area contributed by atoms with Gasteiger partial charge in [0.25, 0.3) is 5.91 Å². The first-order valence-corrected chi connectivity index (χ1v) is 10.2. The Bertz CT molecular complexity index is 1000. The molecule has 0 bridgehead atoms. The van der Waals surface area contributed by atoms with Crippen molar-refractivity contribution in [2.45, 2.75) is 19.9 Å². The lowest BCUT2D eigenvalue weighted by molar-refractivity contribution is -0.133. The zero-order valence-electron chi connectivity index (χ0n) is 17.8. The number of nitrogens with zero attached hydrogens (tertiary/aromatic N) is 2. The van der Waals surface area contributed by atoms with Crippen LogP contribution in [0.25, 0.3) is 0 Å². The zero-order chi connectivity index (χ0) is 24.1. The van der Waals surface area contributed by atoms with Crippen molar-refractivity contribution in [1.29, 1.82) is 0 Å². The summed E-state index contributed by atoms with van der Waals surface area (Å²) in [6.45, 7) is 3.05. The van der Waals surface area contributed by atoms with E-state index in [2.05, 4.69) is 15.0 Å². The summed E-state index contributed by atoms with van der Waals surface area (Å²) in [6.07, 6.45) is 0.623. The van der Waals surface area contributed by atoms with Crippen molar-refractivity contribution >= 4 is 17.5 Å². The first-order valence-electron chi connectivity index (χ1n) is 10.2. The van der Waals surface area contributed by atoms with E-state index in [4.69, 9.17) is 0 Å². The molecule has 1 N–H and O–H groups in total. The van der Waals surface area contributed by atoms with Crippen LogP contribution >= 0.6 is 0 Å². The summed E-state index contributed by atoms with van der Waals surface area (Å²) in [5.41, 5.74) is 1.70. The third-order valence-electron chi connectivity index (χ3n) is 5.13. The second-order valence-corrected chi connectivity index (χ2v) is 7.58. The van der Waals surface area contributed by atoms with Gasteiger partial charge in [-0.2, -0.15) is 8.78 Å². The zero-order valence-corrected chi connectivity index (χ0v) is 17.8. The summed E-state index contributed by atoms with van der Waals surface area (Å²) in [4.78, 5) is 27.1. The Morgan fingerprint density at radius 2 is 1.48 bits per heavy atom. The maximum absolute atomic E-state index is 13.7. The molecule has 2 aromatic rings. The Hall–Kier alpha value is -3.21. The fourth-order valence-corrected chi connectivity index (χ4v) is 3.47. The molecule has 0 atom stereocenters. The second-order valence-electron chi connectivity index (χ2n) is 7.58. The molecule has 1 heterocycles. The first kappa shape index (κ1) is 24.4. The summed E-state index contributed by atoms with van der Waals surface area (Å²) < 4.78 is 71.7. The van der Waals surface area contributed by atoms with Gasteiger partial charge in [0.2, 0.25) is 35.0 Å². The van der Waals surface area contributed by atoms with E-state index < -0.39 is 47.3 Å². The minimum Gasteiger partial charge on any atom is -0.477 e. The van der Waals surface area contributed by atoms with Gasteiger partial charge in [0.1, 0.15) is 0 Å². The van der Waals surface area contributed by atoms with E-state index in [1.807, 2.05) is 12.1 Å². The van der Waals surface area contributed by atoms with Gasteiger partial charge in [0.05, 0.1) is 0 Å². The van der Waals surface area contributed by atoms with Crippen LogP contribution in [-0.2, 0) is 16.1 Å². The highest BCUT2D eigenvalue weighted by Crippen LogP contribution is 2.29. The molecule has 1 aliphatic rings. The molecule has 1 fully saturated rings. The highest BCUT2D eigenvalue weighted by atomic mass is 19.2. The highest BCUT2D eigenvalue weighted by Gasteiger charge is 2.28. The fourth-order valence-electron chi connectivity index (χ4n) is 3.47. The molecular weight excluding hydrogens is 449 g/mol. The van der Waals surface area contributed by atoms with Crippen LogP contribution < -0.4 is 10.1 Å². The summed E-state index contributed by atoms with van der Waals surface area (Å²) >= 11 is 0. The topological polar surface area (TPSA) is 61.9 Å². The summed E-state index contributed by atoms with van der Waals surface area (Å²) in [7, 11) is 0. The number of anilines is 1. The Morgan fingerprint density at radius 3 is 2.09 bits per heavy atom. The molecule has 0 aromatic heterocycles. The monoisotopic (exact) mass is 471 g/mol. The minimum absolute atomic E-state index is 0.163. The number of amides is 2.